The van der Waals surface area contributed by atoms with Gasteiger partial charge in [0.25, 0.3) is 0 Å². The van der Waals surface area contributed by atoms with Crippen LogP contribution in [0.1, 0.15) is 26.7 Å². The Balaban J connectivity index is 4.27. The average Bonchev–Trinajstić information content (AvgIpc) is 1.59. The maximum atomic E-state index is 10.1. The molecule has 0 aliphatic carbocycles. The van der Waals surface area contributed by atoms with Gasteiger partial charge >= 0.3 is 0 Å². The fourth-order valence-corrected chi connectivity index (χ4v) is 1.30. The summed E-state index contributed by atoms with van der Waals surface area (Å²) in [6.07, 6.45) is 1.24. The number of rotatable bonds is 3. The number of hydrogen-bond donors (Lipinski definition) is 1. The van der Waals surface area contributed by atoms with Crippen LogP contribution in [-0.2, 0) is 10.3 Å². The average molecular weight is 164 g/mol. The van der Waals surface area contributed by atoms with Gasteiger partial charge in [-0.2, -0.15) is 8.42 Å². The Bertz CT molecular complexity index is 205. The van der Waals surface area contributed by atoms with E-state index in [2.05, 4.69) is 0 Å². The zero-order valence-corrected chi connectivity index (χ0v) is 6.98. The summed E-state index contributed by atoms with van der Waals surface area (Å²) in [5, 5.41) is 10.1. The highest BCUT2D eigenvalue weighted by atomic mass is 32.2. The molecule has 0 saturated carbocycles. The zero-order chi connectivity index (χ0) is 8.20. The minimum absolute atomic E-state index is 0.473. The molecular formula is C6H12O3S. The zero-order valence-electron chi connectivity index (χ0n) is 6.16. The van der Waals surface area contributed by atoms with Crippen LogP contribution in [0.25, 0.3) is 0 Å². The lowest BCUT2D eigenvalue weighted by atomic mass is 10.0. The summed E-state index contributed by atoms with van der Waals surface area (Å²) in [4.78, 5) is 0. The molecule has 4 heteroatoms. The monoisotopic (exact) mass is 164 g/mol. The molecule has 0 spiro atoms. The Morgan fingerprint density at radius 3 is 2.40 bits per heavy atom. The van der Waals surface area contributed by atoms with Crippen molar-refractivity contribution in [3.63, 3.8) is 0 Å². The first kappa shape index (κ1) is 9.65. The van der Waals surface area contributed by atoms with E-state index >= 15 is 0 Å². The standard InChI is InChI=1S/C6H12O3S/c1-3-4-6(2,7)5-10(8)9/h5,7H,3-4H2,1-2H3. The van der Waals surface area contributed by atoms with Gasteiger partial charge in [0.2, 0.25) is 10.3 Å². The SMILES string of the molecule is CCCC(C)(O)C=S(=O)=O. The highest BCUT2D eigenvalue weighted by Gasteiger charge is 2.15. The molecule has 60 valence electrons. The summed E-state index contributed by atoms with van der Waals surface area (Å²) >= 11 is 0. The van der Waals surface area contributed by atoms with Crippen molar-refractivity contribution in [2.24, 2.45) is 0 Å². The predicted molar refractivity (Wildman–Crippen MR) is 40.5 cm³/mol. The van der Waals surface area contributed by atoms with Crippen molar-refractivity contribution in [3.8, 4) is 0 Å². The molecule has 0 amide bonds. The minimum atomic E-state index is -2.26. The summed E-state index contributed by atoms with van der Waals surface area (Å²) in [7, 11) is -2.26. The molecule has 0 aliphatic rings. The summed E-state index contributed by atoms with van der Waals surface area (Å²) in [5.41, 5.74) is -1.17. The van der Waals surface area contributed by atoms with E-state index in [1.807, 2.05) is 6.92 Å². The molecule has 1 unspecified atom stereocenters. The van der Waals surface area contributed by atoms with Crippen LogP contribution in [-0.4, -0.2) is 24.5 Å². The lowest BCUT2D eigenvalue weighted by molar-refractivity contribution is 0.129. The largest absolute Gasteiger partial charge is 0.385 e. The molecule has 0 aliphatic heterocycles. The summed E-state index contributed by atoms with van der Waals surface area (Å²) in [6, 6.07) is 0. The van der Waals surface area contributed by atoms with Gasteiger partial charge in [0.05, 0.1) is 11.0 Å². The van der Waals surface area contributed by atoms with Crippen LogP contribution in [0.4, 0.5) is 0 Å². The predicted octanol–water partition coefficient (Wildman–Crippen LogP) is 0.219. The molecule has 10 heavy (non-hydrogen) atoms. The second-order valence-corrected chi connectivity index (χ2v) is 3.24. The second kappa shape index (κ2) is 3.73. The van der Waals surface area contributed by atoms with Crippen LogP contribution < -0.4 is 0 Å². The van der Waals surface area contributed by atoms with Gasteiger partial charge in [-0.3, -0.25) is 0 Å². The maximum Gasteiger partial charge on any atom is 0.212 e. The van der Waals surface area contributed by atoms with Gasteiger partial charge < -0.3 is 5.11 Å². The van der Waals surface area contributed by atoms with Gasteiger partial charge in [-0.05, 0) is 13.3 Å². The van der Waals surface area contributed by atoms with Gasteiger partial charge in [0.1, 0.15) is 0 Å². The molecule has 0 aromatic heterocycles. The van der Waals surface area contributed by atoms with Crippen LogP contribution in [0.2, 0.25) is 0 Å². The third kappa shape index (κ3) is 4.52. The lowest BCUT2D eigenvalue weighted by Gasteiger charge is -2.14. The van der Waals surface area contributed by atoms with Gasteiger partial charge in [-0.1, -0.05) is 13.3 Å². The molecule has 0 aromatic carbocycles. The highest BCUT2D eigenvalue weighted by Crippen LogP contribution is 2.07. The number of aliphatic hydroxyl groups is 1. The van der Waals surface area contributed by atoms with Gasteiger partial charge in [0, 0.05) is 0 Å². The molecule has 0 saturated heterocycles. The van der Waals surface area contributed by atoms with Crippen LogP contribution in [0, 0.1) is 0 Å². The molecule has 1 atom stereocenters. The first-order valence-electron chi connectivity index (χ1n) is 3.14. The smallest absolute Gasteiger partial charge is 0.212 e. The van der Waals surface area contributed by atoms with Crippen molar-refractivity contribution < 1.29 is 13.5 Å². The Labute approximate surface area is 62.2 Å². The van der Waals surface area contributed by atoms with E-state index in [0.29, 0.717) is 6.42 Å². The molecule has 0 rings (SSSR count). The molecule has 0 radical (unpaired) electrons. The molecular weight excluding hydrogens is 152 g/mol. The van der Waals surface area contributed by atoms with E-state index in [9.17, 15) is 13.5 Å². The van der Waals surface area contributed by atoms with Gasteiger partial charge in [0.15, 0.2) is 0 Å². The Hall–Kier alpha value is -0.350. The third-order valence-corrected chi connectivity index (χ3v) is 1.81. The van der Waals surface area contributed by atoms with Crippen molar-refractivity contribution >= 4 is 15.7 Å². The van der Waals surface area contributed by atoms with Crippen molar-refractivity contribution in [1.82, 2.24) is 0 Å². The van der Waals surface area contributed by atoms with E-state index in [0.717, 1.165) is 11.8 Å². The molecule has 0 aromatic rings. The van der Waals surface area contributed by atoms with E-state index in [-0.39, 0.29) is 0 Å². The molecule has 3 nitrogen and oxygen atoms in total. The van der Waals surface area contributed by atoms with Crippen molar-refractivity contribution in [2.75, 3.05) is 0 Å². The molecule has 1 N–H and O–H groups in total. The Morgan fingerprint density at radius 1 is 1.60 bits per heavy atom. The first-order chi connectivity index (χ1) is 4.48. The summed E-state index contributed by atoms with van der Waals surface area (Å²) in [6.45, 7) is 3.36. The second-order valence-electron chi connectivity index (χ2n) is 2.49. The van der Waals surface area contributed by atoms with Crippen molar-refractivity contribution in [2.45, 2.75) is 32.3 Å². The fraction of sp³-hybridized carbons (Fsp3) is 0.833. The van der Waals surface area contributed by atoms with Gasteiger partial charge in [-0.15, -0.1) is 0 Å². The first-order valence-corrected chi connectivity index (χ1v) is 4.28. The summed E-state index contributed by atoms with van der Waals surface area (Å²) < 4.78 is 20.1. The van der Waals surface area contributed by atoms with E-state index in [4.69, 9.17) is 0 Å². The number of hydrogen-bond acceptors (Lipinski definition) is 3. The van der Waals surface area contributed by atoms with Crippen LogP contribution in [0.3, 0.4) is 0 Å². The highest BCUT2D eigenvalue weighted by molar-refractivity contribution is 7.71. The van der Waals surface area contributed by atoms with E-state index < -0.39 is 15.9 Å². The summed E-state index contributed by atoms with van der Waals surface area (Å²) in [5.74, 6) is 0. The molecule has 0 fully saturated rings. The molecule has 0 bridgehead atoms. The quantitative estimate of drug-likeness (QED) is 0.607. The van der Waals surface area contributed by atoms with Gasteiger partial charge in [-0.25, -0.2) is 0 Å². The normalized spacial score (nSPS) is 15.9. The van der Waals surface area contributed by atoms with Crippen molar-refractivity contribution in [3.05, 3.63) is 0 Å². The van der Waals surface area contributed by atoms with E-state index in [1.54, 1.807) is 0 Å². The fourth-order valence-electron chi connectivity index (χ4n) is 0.772. The van der Waals surface area contributed by atoms with Crippen molar-refractivity contribution in [1.29, 1.82) is 0 Å². The Morgan fingerprint density at radius 2 is 2.10 bits per heavy atom. The topological polar surface area (TPSA) is 54.4 Å². The van der Waals surface area contributed by atoms with Crippen LogP contribution >= 0.6 is 0 Å². The Kier molecular flexibility index (Phi) is 3.60. The minimum Gasteiger partial charge on any atom is -0.385 e. The van der Waals surface area contributed by atoms with E-state index in [1.165, 1.54) is 6.92 Å². The van der Waals surface area contributed by atoms with Crippen LogP contribution in [0.15, 0.2) is 0 Å². The lowest BCUT2D eigenvalue weighted by Crippen LogP contribution is -2.25. The maximum absolute atomic E-state index is 10.1. The third-order valence-electron chi connectivity index (χ3n) is 1.11. The molecule has 0 heterocycles. The van der Waals surface area contributed by atoms with Crippen LogP contribution in [0.5, 0.6) is 0 Å².